The van der Waals surface area contributed by atoms with Crippen LogP contribution in [0.5, 0.6) is 0 Å². The zero-order chi connectivity index (χ0) is 11.7. The monoisotopic (exact) mass is 342 g/mol. The van der Waals surface area contributed by atoms with Crippen molar-refractivity contribution >= 4 is 43.8 Å². The van der Waals surface area contributed by atoms with Gasteiger partial charge in [-0.1, -0.05) is 38.8 Å². The maximum absolute atomic E-state index is 11.0. The van der Waals surface area contributed by atoms with Crippen LogP contribution in [-0.2, 0) is 9.59 Å². The van der Waals surface area contributed by atoms with Crippen molar-refractivity contribution in [1.82, 2.24) is 0 Å². The van der Waals surface area contributed by atoms with Crippen LogP contribution in [0.2, 0.25) is 0 Å². The summed E-state index contributed by atoms with van der Waals surface area (Å²) in [6, 6.07) is 0. The molecule has 0 aromatic rings. The van der Waals surface area contributed by atoms with E-state index in [1.807, 2.05) is 0 Å². The van der Waals surface area contributed by atoms with E-state index >= 15 is 0 Å². The molecule has 6 heteroatoms. The predicted octanol–water partition coefficient (Wildman–Crippen LogP) is 1.95. The molecule has 0 unspecified atom stereocenters. The average molecular weight is 344 g/mol. The smallest absolute Gasteiger partial charge is 0.307 e. The highest BCUT2D eigenvalue weighted by Crippen LogP contribution is 2.42. The van der Waals surface area contributed by atoms with Gasteiger partial charge in [-0.05, 0) is 12.3 Å². The Labute approximate surface area is 104 Å². The molecule has 1 fully saturated rings. The van der Waals surface area contributed by atoms with Crippen LogP contribution in [0.1, 0.15) is 13.3 Å². The van der Waals surface area contributed by atoms with Crippen molar-refractivity contribution in [2.75, 3.05) is 0 Å². The van der Waals surface area contributed by atoms with Crippen LogP contribution >= 0.6 is 31.9 Å². The largest absolute Gasteiger partial charge is 0.481 e. The fraction of sp³-hybridized carbons (Fsp3) is 0.778. The third kappa shape index (κ3) is 2.53. The SMILES string of the molecule is C[C@@H]1[C@H](Br)[C@@H](Br)C[C@@H](C(=O)O)[C@@H]1C(=O)O. The van der Waals surface area contributed by atoms with Gasteiger partial charge in [-0.15, -0.1) is 0 Å². The van der Waals surface area contributed by atoms with Gasteiger partial charge < -0.3 is 10.2 Å². The Morgan fingerprint density at radius 1 is 1.20 bits per heavy atom. The van der Waals surface area contributed by atoms with Gasteiger partial charge in [0.15, 0.2) is 0 Å². The van der Waals surface area contributed by atoms with E-state index < -0.39 is 23.8 Å². The Morgan fingerprint density at radius 2 is 1.73 bits per heavy atom. The number of carboxylic acid groups (broad SMARTS) is 2. The molecule has 0 radical (unpaired) electrons. The van der Waals surface area contributed by atoms with Crippen LogP contribution < -0.4 is 0 Å². The van der Waals surface area contributed by atoms with Crippen LogP contribution in [0.25, 0.3) is 0 Å². The van der Waals surface area contributed by atoms with E-state index in [1.54, 1.807) is 6.92 Å². The third-order valence-electron chi connectivity index (χ3n) is 2.93. The maximum Gasteiger partial charge on any atom is 0.307 e. The van der Waals surface area contributed by atoms with E-state index in [-0.39, 0.29) is 15.6 Å². The van der Waals surface area contributed by atoms with Crippen molar-refractivity contribution < 1.29 is 19.8 Å². The van der Waals surface area contributed by atoms with Gasteiger partial charge in [0.25, 0.3) is 0 Å². The van der Waals surface area contributed by atoms with Crippen molar-refractivity contribution in [1.29, 1.82) is 0 Å². The van der Waals surface area contributed by atoms with E-state index in [4.69, 9.17) is 10.2 Å². The first-order valence-electron chi connectivity index (χ1n) is 4.60. The Kier molecular flexibility index (Phi) is 4.17. The molecule has 0 spiro atoms. The Morgan fingerprint density at radius 3 is 2.13 bits per heavy atom. The van der Waals surface area contributed by atoms with Gasteiger partial charge in [0.2, 0.25) is 0 Å². The minimum absolute atomic E-state index is 0.00389. The second-order valence-corrected chi connectivity index (χ2v) is 6.10. The summed E-state index contributed by atoms with van der Waals surface area (Å²) < 4.78 is 0. The molecular formula is C9H12Br2O4. The van der Waals surface area contributed by atoms with E-state index in [1.165, 1.54) is 0 Å². The zero-order valence-electron chi connectivity index (χ0n) is 8.06. The number of aliphatic carboxylic acids is 2. The molecule has 4 nitrogen and oxygen atoms in total. The number of alkyl halides is 2. The molecule has 2 N–H and O–H groups in total. The van der Waals surface area contributed by atoms with Crippen LogP contribution in [0.4, 0.5) is 0 Å². The van der Waals surface area contributed by atoms with Crippen molar-refractivity contribution in [3.8, 4) is 0 Å². The van der Waals surface area contributed by atoms with Gasteiger partial charge in [0.05, 0.1) is 11.8 Å². The lowest BCUT2D eigenvalue weighted by Crippen LogP contribution is -2.46. The lowest BCUT2D eigenvalue weighted by molar-refractivity contribution is -0.157. The summed E-state index contributed by atoms with van der Waals surface area (Å²) in [5, 5.41) is 18.0. The number of hydrogen-bond acceptors (Lipinski definition) is 2. The van der Waals surface area contributed by atoms with Crippen LogP contribution in [-0.4, -0.2) is 31.8 Å². The molecule has 1 saturated carbocycles. The second kappa shape index (κ2) is 4.82. The molecule has 0 aromatic carbocycles. The number of rotatable bonds is 2. The topological polar surface area (TPSA) is 74.6 Å². The second-order valence-electron chi connectivity index (χ2n) is 3.86. The first kappa shape index (κ1) is 13.0. The van der Waals surface area contributed by atoms with Gasteiger partial charge in [-0.3, -0.25) is 9.59 Å². The first-order valence-corrected chi connectivity index (χ1v) is 6.43. The molecule has 86 valence electrons. The average Bonchev–Trinajstić information content (AvgIpc) is 2.12. The predicted molar refractivity (Wildman–Crippen MR) is 61.5 cm³/mol. The summed E-state index contributed by atoms with van der Waals surface area (Å²) in [6.07, 6.45) is 0.340. The van der Waals surface area contributed by atoms with E-state index in [9.17, 15) is 9.59 Å². The fourth-order valence-corrected chi connectivity index (χ4v) is 3.49. The van der Waals surface area contributed by atoms with Crippen LogP contribution in [0.15, 0.2) is 0 Å². The maximum atomic E-state index is 11.0. The lowest BCUT2D eigenvalue weighted by atomic mass is 9.72. The molecule has 0 aromatic heterocycles. The Balaban J connectivity index is 2.96. The fourth-order valence-electron chi connectivity index (χ4n) is 2.06. The summed E-state index contributed by atoms with van der Waals surface area (Å²) in [7, 11) is 0. The summed E-state index contributed by atoms with van der Waals surface area (Å²) in [6.45, 7) is 1.77. The molecule has 0 saturated heterocycles. The third-order valence-corrected chi connectivity index (χ3v) is 6.05. The van der Waals surface area contributed by atoms with Gasteiger partial charge in [0.1, 0.15) is 0 Å². The molecule has 0 amide bonds. The number of carboxylic acids is 2. The van der Waals surface area contributed by atoms with Gasteiger partial charge >= 0.3 is 11.9 Å². The van der Waals surface area contributed by atoms with E-state index in [2.05, 4.69) is 31.9 Å². The Bertz CT molecular complexity index is 281. The van der Waals surface area contributed by atoms with Crippen molar-refractivity contribution in [3.63, 3.8) is 0 Å². The molecular weight excluding hydrogens is 332 g/mol. The highest BCUT2D eigenvalue weighted by Gasteiger charge is 2.47. The van der Waals surface area contributed by atoms with Gasteiger partial charge in [0, 0.05) is 9.65 Å². The van der Waals surface area contributed by atoms with Gasteiger partial charge in [-0.25, -0.2) is 0 Å². The highest BCUT2D eigenvalue weighted by atomic mass is 79.9. The zero-order valence-corrected chi connectivity index (χ0v) is 11.2. The quantitative estimate of drug-likeness (QED) is 0.751. The van der Waals surface area contributed by atoms with Crippen LogP contribution in [0.3, 0.4) is 0 Å². The van der Waals surface area contributed by atoms with Crippen LogP contribution in [0, 0.1) is 17.8 Å². The molecule has 0 heterocycles. The minimum atomic E-state index is -1.03. The number of carbonyl (C=O) groups is 2. The molecule has 15 heavy (non-hydrogen) atoms. The van der Waals surface area contributed by atoms with Crippen molar-refractivity contribution in [3.05, 3.63) is 0 Å². The Hall–Kier alpha value is -0.100. The first-order chi connectivity index (χ1) is 6.86. The van der Waals surface area contributed by atoms with Gasteiger partial charge in [-0.2, -0.15) is 0 Å². The summed E-state index contributed by atoms with van der Waals surface area (Å²) in [5.41, 5.74) is 0. The molecule has 0 aliphatic heterocycles. The van der Waals surface area contributed by atoms with Crippen molar-refractivity contribution in [2.24, 2.45) is 17.8 Å². The standard InChI is InChI=1S/C9H12Br2O4/c1-3-6(9(14)15)4(8(12)13)2-5(10)7(3)11/h3-7H,2H2,1H3,(H,12,13)(H,14,15)/t3-,4+,5-,6+,7-/m0/s1. The minimum Gasteiger partial charge on any atom is -0.481 e. The molecule has 1 aliphatic carbocycles. The summed E-state index contributed by atoms with van der Waals surface area (Å²) in [4.78, 5) is 22.0. The van der Waals surface area contributed by atoms with E-state index in [0.717, 1.165) is 0 Å². The normalized spacial score (nSPS) is 41.1. The summed E-state index contributed by atoms with van der Waals surface area (Å²) >= 11 is 6.78. The van der Waals surface area contributed by atoms with E-state index in [0.29, 0.717) is 6.42 Å². The lowest BCUT2D eigenvalue weighted by Gasteiger charge is -2.38. The number of hydrogen-bond donors (Lipinski definition) is 2. The van der Waals surface area contributed by atoms with Crippen molar-refractivity contribution in [2.45, 2.75) is 23.0 Å². The number of halogens is 2. The molecule has 5 atom stereocenters. The molecule has 1 rings (SSSR count). The highest BCUT2D eigenvalue weighted by molar-refractivity contribution is 9.12. The molecule has 0 bridgehead atoms. The summed E-state index contributed by atoms with van der Waals surface area (Å²) in [5.74, 6) is -3.89. The molecule has 1 aliphatic rings.